The fourth-order valence-corrected chi connectivity index (χ4v) is 2.11. The van der Waals surface area contributed by atoms with E-state index in [1.165, 1.54) is 0 Å². The van der Waals surface area contributed by atoms with E-state index in [1.807, 2.05) is 25.1 Å². The molecule has 5 heteroatoms. The van der Waals surface area contributed by atoms with Gasteiger partial charge in [-0.25, -0.2) is 0 Å². The molecule has 0 aliphatic rings. The average Bonchev–Trinajstić information content (AvgIpc) is 2.83. The van der Waals surface area contributed by atoms with Gasteiger partial charge in [0.05, 0.1) is 6.04 Å². The Kier molecular flexibility index (Phi) is 4.17. The molecule has 1 atom stereocenters. The van der Waals surface area contributed by atoms with Crippen molar-refractivity contribution in [2.24, 2.45) is 0 Å². The molecular formula is C14H13Cl2NO2. The lowest BCUT2D eigenvalue weighted by Crippen LogP contribution is -2.29. The topological polar surface area (TPSA) is 33.5 Å². The van der Waals surface area contributed by atoms with E-state index in [9.17, 15) is 4.79 Å². The maximum Gasteiger partial charge on any atom is 0.289 e. The molecule has 1 unspecified atom stereocenters. The second-order valence-corrected chi connectivity index (χ2v) is 5.06. The maximum atomic E-state index is 12.2. The van der Waals surface area contributed by atoms with Crippen LogP contribution in [0, 0.1) is 0 Å². The quantitative estimate of drug-likeness (QED) is 0.840. The molecule has 0 saturated heterocycles. The zero-order valence-electron chi connectivity index (χ0n) is 10.6. The molecule has 1 aromatic heterocycles. The Morgan fingerprint density at radius 1 is 1.26 bits per heavy atom. The van der Waals surface area contributed by atoms with Crippen LogP contribution in [0.2, 0.25) is 10.2 Å². The Labute approximate surface area is 121 Å². The highest BCUT2D eigenvalue weighted by atomic mass is 35.5. The van der Waals surface area contributed by atoms with Crippen molar-refractivity contribution in [3.8, 4) is 0 Å². The Balaban J connectivity index is 2.19. The van der Waals surface area contributed by atoms with Crippen LogP contribution in [0.25, 0.3) is 0 Å². The van der Waals surface area contributed by atoms with Gasteiger partial charge in [-0.15, -0.1) is 0 Å². The standard InChI is InChI=1S/C14H13Cl2NO2/c1-9(10-4-3-5-11(15)8-10)17(2)14(18)12-6-7-13(16)19-12/h3-9H,1-2H3. The van der Waals surface area contributed by atoms with Gasteiger partial charge in [-0.3, -0.25) is 4.79 Å². The third-order valence-corrected chi connectivity index (χ3v) is 3.45. The van der Waals surface area contributed by atoms with Crippen LogP contribution in [-0.2, 0) is 0 Å². The summed E-state index contributed by atoms with van der Waals surface area (Å²) in [6.45, 7) is 1.92. The van der Waals surface area contributed by atoms with Crippen LogP contribution in [-0.4, -0.2) is 17.9 Å². The first kappa shape index (κ1) is 14.0. The molecule has 2 rings (SSSR count). The summed E-state index contributed by atoms with van der Waals surface area (Å²) < 4.78 is 5.12. The minimum atomic E-state index is -0.223. The number of hydrogen-bond donors (Lipinski definition) is 0. The summed E-state index contributed by atoms with van der Waals surface area (Å²) in [5.41, 5.74) is 0.959. The van der Waals surface area contributed by atoms with Gasteiger partial charge in [-0.1, -0.05) is 23.7 Å². The highest BCUT2D eigenvalue weighted by Gasteiger charge is 2.21. The van der Waals surface area contributed by atoms with Crippen molar-refractivity contribution in [1.29, 1.82) is 0 Å². The van der Waals surface area contributed by atoms with Crippen LogP contribution in [0.3, 0.4) is 0 Å². The van der Waals surface area contributed by atoms with E-state index in [2.05, 4.69) is 0 Å². The molecule has 0 N–H and O–H groups in total. The van der Waals surface area contributed by atoms with Crippen LogP contribution in [0.4, 0.5) is 0 Å². The lowest BCUT2D eigenvalue weighted by atomic mass is 10.1. The monoisotopic (exact) mass is 297 g/mol. The SMILES string of the molecule is CC(c1cccc(Cl)c1)N(C)C(=O)c1ccc(Cl)o1. The van der Waals surface area contributed by atoms with Gasteiger partial charge >= 0.3 is 0 Å². The van der Waals surface area contributed by atoms with E-state index in [-0.39, 0.29) is 22.9 Å². The van der Waals surface area contributed by atoms with E-state index in [1.54, 1.807) is 30.1 Å². The Hall–Kier alpha value is -1.45. The molecule has 0 radical (unpaired) electrons. The first-order valence-electron chi connectivity index (χ1n) is 5.77. The van der Waals surface area contributed by atoms with E-state index in [4.69, 9.17) is 27.6 Å². The summed E-state index contributed by atoms with van der Waals surface area (Å²) in [6.07, 6.45) is 0. The van der Waals surface area contributed by atoms with E-state index in [0.29, 0.717) is 5.02 Å². The molecule has 3 nitrogen and oxygen atoms in total. The Morgan fingerprint density at radius 3 is 2.58 bits per heavy atom. The molecule has 0 spiro atoms. The summed E-state index contributed by atoms with van der Waals surface area (Å²) in [5.74, 6) is 0.000698. The summed E-state index contributed by atoms with van der Waals surface area (Å²) in [4.78, 5) is 13.8. The summed E-state index contributed by atoms with van der Waals surface area (Å²) in [5, 5.41) is 0.846. The molecular weight excluding hydrogens is 285 g/mol. The second kappa shape index (κ2) is 5.68. The van der Waals surface area contributed by atoms with Gasteiger partial charge in [0.15, 0.2) is 11.0 Å². The average molecular weight is 298 g/mol. The number of furan rings is 1. The number of carbonyl (C=O) groups excluding carboxylic acids is 1. The van der Waals surface area contributed by atoms with Crippen molar-refractivity contribution in [3.63, 3.8) is 0 Å². The fraction of sp³-hybridized carbons (Fsp3) is 0.214. The van der Waals surface area contributed by atoms with Crippen LogP contribution < -0.4 is 0 Å². The minimum absolute atomic E-state index is 0.116. The van der Waals surface area contributed by atoms with Gasteiger partial charge in [0.25, 0.3) is 5.91 Å². The van der Waals surface area contributed by atoms with Gasteiger partial charge in [0, 0.05) is 12.1 Å². The molecule has 2 aromatic rings. The lowest BCUT2D eigenvalue weighted by Gasteiger charge is -2.24. The third kappa shape index (κ3) is 3.11. The highest BCUT2D eigenvalue weighted by Crippen LogP contribution is 2.24. The molecule has 19 heavy (non-hydrogen) atoms. The summed E-state index contributed by atoms with van der Waals surface area (Å²) in [7, 11) is 1.71. The van der Waals surface area contributed by atoms with Gasteiger partial charge < -0.3 is 9.32 Å². The predicted molar refractivity (Wildman–Crippen MR) is 75.7 cm³/mol. The normalized spacial score (nSPS) is 12.2. The molecule has 0 bridgehead atoms. The summed E-state index contributed by atoms with van der Waals surface area (Å²) >= 11 is 11.6. The third-order valence-electron chi connectivity index (χ3n) is 3.02. The van der Waals surface area contributed by atoms with Crippen LogP contribution in [0.5, 0.6) is 0 Å². The first-order chi connectivity index (χ1) is 8.99. The van der Waals surface area contributed by atoms with Crippen molar-refractivity contribution in [2.45, 2.75) is 13.0 Å². The van der Waals surface area contributed by atoms with Gasteiger partial charge in [-0.2, -0.15) is 0 Å². The first-order valence-corrected chi connectivity index (χ1v) is 6.52. The van der Waals surface area contributed by atoms with E-state index >= 15 is 0 Å². The number of benzene rings is 1. The second-order valence-electron chi connectivity index (χ2n) is 4.25. The van der Waals surface area contributed by atoms with Gasteiger partial charge in [-0.05, 0) is 48.4 Å². The van der Waals surface area contributed by atoms with E-state index in [0.717, 1.165) is 5.56 Å². The van der Waals surface area contributed by atoms with Crippen molar-refractivity contribution in [3.05, 3.63) is 58.0 Å². The highest BCUT2D eigenvalue weighted by molar-refractivity contribution is 6.30. The van der Waals surface area contributed by atoms with Crippen molar-refractivity contribution in [1.82, 2.24) is 4.90 Å². The molecule has 1 aromatic carbocycles. The van der Waals surface area contributed by atoms with Crippen molar-refractivity contribution in [2.75, 3.05) is 7.05 Å². The molecule has 0 saturated carbocycles. The molecule has 0 fully saturated rings. The smallest absolute Gasteiger partial charge is 0.289 e. The van der Waals surface area contributed by atoms with Crippen LogP contribution in [0.15, 0.2) is 40.8 Å². The van der Waals surface area contributed by atoms with Crippen LogP contribution in [0.1, 0.15) is 29.1 Å². The summed E-state index contributed by atoms with van der Waals surface area (Å²) in [6, 6.07) is 10.4. The molecule has 0 aliphatic carbocycles. The van der Waals surface area contributed by atoms with Crippen molar-refractivity contribution < 1.29 is 9.21 Å². The molecule has 0 aliphatic heterocycles. The number of halogens is 2. The van der Waals surface area contributed by atoms with Crippen LogP contribution >= 0.6 is 23.2 Å². The maximum absolute atomic E-state index is 12.2. The fourth-order valence-electron chi connectivity index (χ4n) is 1.77. The predicted octanol–water partition coefficient (Wildman–Crippen LogP) is 4.42. The lowest BCUT2D eigenvalue weighted by molar-refractivity contribution is 0.0710. The molecule has 1 heterocycles. The Morgan fingerprint density at radius 2 is 2.00 bits per heavy atom. The van der Waals surface area contributed by atoms with Crippen molar-refractivity contribution >= 4 is 29.1 Å². The number of rotatable bonds is 3. The number of hydrogen-bond acceptors (Lipinski definition) is 2. The number of carbonyl (C=O) groups is 1. The van der Waals surface area contributed by atoms with Gasteiger partial charge in [0.1, 0.15) is 0 Å². The number of amides is 1. The number of nitrogens with zero attached hydrogens (tertiary/aromatic N) is 1. The zero-order valence-corrected chi connectivity index (χ0v) is 12.1. The van der Waals surface area contributed by atoms with Gasteiger partial charge in [0.2, 0.25) is 0 Å². The molecule has 1 amide bonds. The molecule has 100 valence electrons. The van der Waals surface area contributed by atoms with E-state index < -0.39 is 0 Å². The minimum Gasteiger partial charge on any atom is -0.440 e. The Bertz CT molecular complexity index is 595. The zero-order chi connectivity index (χ0) is 14.0. The largest absolute Gasteiger partial charge is 0.440 e.